The Kier molecular flexibility index (Phi) is 4.59. The third kappa shape index (κ3) is 3.38. The highest BCUT2D eigenvalue weighted by Gasteiger charge is 2.35. The lowest BCUT2D eigenvalue weighted by Crippen LogP contribution is -2.43. The first-order valence-electron chi connectivity index (χ1n) is 8.03. The van der Waals surface area contributed by atoms with Gasteiger partial charge in [-0.2, -0.15) is 0 Å². The molecule has 1 aromatic heterocycles. The number of carbonyl (C=O) groups is 1. The van der Waals surface area contributed by atoms with Crippen molar-refractivity contribution in [1.82, 2.24) is 4.90 Å². The number of amides is 1. The van der Waals surface area contributed by atoms with Gasteiger partial charge in [-0.25, -0.2) is 8.42 Å². The molecule has 122 valence electrons. The maximum atomic E-state index is 12.9. The van der Waals surface area contributed by atoms with Gasteiger partial charge in [0.15, 0.2) is 0 Å². The average molecular weight is 341 g/mol. The van der Waals surface area contributed by atoms with Crippen molar-refractivity contribution >= 4 is 27.1 Å². The summed E-state index contributed by atoms with van der Waals surface area (Å²) in [7, 11) is -2.91. The van der Waals surface area contributed by atoms with Gasteiger partial charge in [-0.05, 0) is 51.2 Å². The molecule has 0 N–H and O–H groups in total. The molecule has 0 bridgehead atoms. The van der Waals surface area contributed by atoms with Gasteiger partial charge in [-0.1, -0.05) is 0 Å². The summed E-state index contributed by atoms with van der Waals surface area (Å²) in [6.07, 6.45) is 4.22. The molecule has 0 spiro atoms. The zero-order valence-electron chi connectivity index (χ0n) is 13.0. The molecule has 1 atom stereocenters. The number of rotatable bonds is 2. The molecule has 0 saturated carbocycles. The minimum atomic E-state index is -2.91. The van der Waals surface area contributed by atoms with Crippen molar-refractivity contribution in [2.45, 2.75) is 45.1 Å². The first kappa shape index (κ1) is 16.0. The van der Waals surface area contributed by atoms with Crippen LogP contribution in [0.15, 0.2) is 12.1 Å². The van der Waals surface area contributed by atoms with Crippen molar-refractivity contribution in [2.75, 3.05) is 18.1 Å². The topological polar surface area (TPSA) is 54.5 Å². The van der Waals surface area contributed by atoms with E-state index in [1.165, 1.54) is 9.75 Å². The van der Waals surface area contributed by atoms with E-state index >= 15 is 0 Å². The number of carbonyl (C=O) groups excluding carboxylic acids is 1. The van der Waals surface area contributed by atoms with Crippen molar-refractivity contribution in [2.24, 2.45) is 5.92 Å². The van der Waals surface area contributed by atoms with Crippen LogP contribution in [0.5, 0.6) is 0 Å². The van der Waals surface area contributed by atoms with Crippen molar-refractivity contribution in [1.29, 1.82) is 0 Å². The Hall–Kier alpha value is -0.880. The smallest absolute Gasteiger partial charge is 0.226 e. The molecule has 2 aliphatic heterocycles. The molecule has 0 aliphatic carbocycles. The van der Waals surface area contributed by atoms with Gasteiger partial charge < -0.3 is 4.90 Å². The molecule has 1 amide bonds. The van der Waals surface area contributed by atoms with Crippen molar-refractivity contribution in [3.05, 3.63) is 21.9 Å². The quantitative estimate of drug-likeness (QED) is 0.831. The Morgan fingerprint density at radius 1 is 1.18 bits per heavy atom. The maximum absolute atomic E-state index is 12.9. The normalized spacial score (nSPS) is 26.0. The Morgan fingerprint density at radius 2 is 1.91 bits per heavy atom. The Bertz CT molecular complexity index is 636. The Labute approximate surface area is 136 Å². The van der Waals surface area contributed by atoms with E-state index in [0.29, 0.717) is 12.8 Å². The van der Waals surface area contributed by atoms with E-state index in [1.807, 2.05) is 4.90 Å². The number of thiophene rings is 1. The summed E-state index contributed by atoms with van der Waals surface area (Å²) in [5.41, 5.74) is 0. The molecular formula is C16H23NO3S2. The number of hydrogen-bond acceptors (Lipinski definition) is 4. The van der Waals surface area contributed by atoms with Crippen LogP contribution in [0, 0.1) is 12.8 Å². The molecule has 0 radical (unpaired) electrons. The second-order valence-corrected chi connectivity index (χ2v) is 10.0. The van der Waals surface area contributed by atoms with Crippen LogP contribution in [0.1, 0.15) is 47.9 Å². The van der Waals surface area contributed by atoms with E-state index in [0.717, 1.165) is 25.8 Å². The predicted octanol–water partition coefficient (Wildman–Crippen LogP) is 2.93. The van der Waals surface area contributed by atoms with E-state index in [1.54, 1.807) is 11.3 Å². The summed E-state index contributed by atoms with van der Waals surface area (Å²) in [6.45, 7) is 2.90. The average Bonchev–Trinajstić information content (AvgIpc) is 2.93. The van der Waals surface area contributed by atoms with E-state index in [-0.39, 0.29) is 29.4 Å². The van der Waals surface area contributed by atoms with Crippen LogP contribution in [-0.4, -0.2) is 37.3 Å². The minimum absolute atomic E-state index is 0.106. The molecule has 3 rings (SSSR count). The SMILES string of the molecule is Cc1ccc(C2CCCCN2C(=O)C2CCS(=O)(=O)CC2)s1. The van der Waals surface area contributed by atoms with E-state index in [4.69, 9.17) is 0 Å². The van der Waals surface area contributed by atoms with Gasteiger partial charge in [0, 0.05) is 22.2 Å². The van der Waals surface area contributed by atoms with Gasteiger partial charge in [0.05, 0.1) is 17.5 Å². The summed E-state index contributed by atoms with van der Waals surface area (Å²) >= 11 is 1.77. The third-order valence-corrected chi connectivity index (χ3v) is 7.60. The minimum Gasteiger partial charge on any atom is -0.335 e. The van der Waals surface area contributed by atoms with Crippen LogP contribution in [0.4, 0.5) is 0 Å². The zero-order chi connectivity index (χ0) is 15.7. The molecule has 22 heavy (non-hydrogen) atoms. The van der Waals surface area contributed by atoms with Crippen molar-refractivity contribution < 1.29 is 13.2 Å². The highest BCUT2D eigenvalue weighted by Crippen LogP contribution is 2.36. The highest BCUT2D eigenvalue weighted by atomic mass is 32.2. The summed E-state index contributed by atoms with van der Waals surface area (Å²) in [6, 6.07) is 4.45. The number of sulfone groups is 1. The van der Waals surface area contributed by atoms with Gasteiger partial charge in [0.1, 0.15) is 9.84 Å². The molecule has 2 saturated heterocycles. The Balaban J connectivity index is 1.74. The lowest BCUT2D eigenvalue weighted by molar-refractivity contribution is -0.139. The van der Waals surface area contributed by atoms with Crippen LogP contribution in [0.3, 0.4) is 0 Å². The number of aryl methyl sites for hydroxylation is 1. The molecule has 6 heteroatoms. The lowest BCUT2D eigenvalue weighted by Gasteiger charge is -2.38. The largest absolute Gasteiger partial charge is 0.335 e. The van der Waals surface area contributed by atoms with Crippen LogP contribution in [0.25, 0.3) is 0 Å². The van der Waals surface area contributed by atoms with Crippen LogP contribution < -0.4 is 0 Å². The first-order chi connectivity index (χ1) is 10.5. The summed E-state index contributed by atoms with van der Waals surface area (Å²) in [5.74, 6) is 0.399. The van der Waals surface area contributed by atoms with E-state index < -0.39 is 9.84 Å². The molecule has 0 aromatic carbocycles. The second-order valence-electron chi connectivity index (χ2n) is 6.42. The molecule has 3 heterocycles. The van der Waals surface area contributed by atoms with Crippen LogP contribution in [-0.2, 0) is 14.6 Å². The third-order valence-electron chi connectivity index (χ3n) is 4.78. The van der Waals surface area contributed by atoms with Crippen molar-refractivity contribution in [3.63, 3.8) is 0 Å². The first-order valence-corrected chi connectivity index (χ1v) is 10.7. The molecule has 2 fully saturated rings. The fourth-order valence-corrected chi connectivity index (χ4v) is 6.01. The van der Waals surface area contributed by atoms with Gasteiger partial charge in [-0.3, -0.25) is 4.79 Å². The van der Waals surface area contributed by atoms with Gasteiger partial charge in [0.25, 0.3) is 0 Å². The monoisotopic (exact) mass is 341 g/mol. The van der Waals surface area contributed by atoms with Gasteiger partial charge in [0.2, 0.25) is 5.91 Å². The number of hydrogen-bond donors (Lipinski definition) is 0. The van der Waals surface area contributed by atoms with Crippen molar-refractivity contribution in [3.8, 4) is 0 Å². The number of nitrogens with zero attached hydrogens (tertiary/aromatic N) is 1. The molecule has 4 nitrogen and oxygen atoms in total. The molecular weight excluding hydrogens is 318 g/mol. The van der Waals surface area contributed by atoms with Gasteiger partial charge in [-0.15, -0.1) is 11.3 Å². The van der Waals surface area contributed by atoms with E-state index in [9.17, 15) is 13.2 Å². The predicted molar refractivity (Wildman–Crippen MR) is 88.7 cm³/mol. The second kappa shape index (κ2) is 6.32. The summed E-state index contributed by atoms with van der Waals surface area (Å²) < 4.78 is 23.1. The maximum Gasteiger partial charge on any atom is 0.226 e. The van der Waals surface area contributed by atoms with Gasteiger partial charge >= 0.3 is 0 Å². The summed E-state index contributed by atoms with van der Waals surface area (Å²) in [4.78, 5) is 17.5. The van der Waals surface area contributed by atoms with E-state index in [2.05, 4.69) is 19.1 Å². The number of piperidine rings is 1. The van der Waals surface area contributed by atoms with Crippen LogP contribution >= 0.6 is 11.3 Å². The Morgan fingerprint density at radius 3 is 2.55 bits per heavy atom. The molecule has 1 aromatic rings. The fraction of sp³-hybridized carbons (Fsp3) is 0.688. The molecule has 1 unspecified atom stereocenters. The zero-order valence-corrected chi connectivity index (χ0v) is 14.6. The summed E-state index contributed by atoms with van der Waals surface area (Å²) in [5, 5.41) is 0. The highest BCUT2D eigenvalue weighted by molar-refractivity contribution is 7.91. The van der Waals surface area contributed by atoms with Crippen LogP contribution in [0.2, 0.25) is 0 Å². The lowest BCUT2D eigenvalue weighted by atomic mass is 9.95. The fourth-order valence-electron chi connectivity index (χ4n) is 3.50. The molecule has 2 aliphatic rings. The standard InChI is InChI=1S/C16H23NO3S2/c1-12-5-6-15(21-12)14-4-2-3-9-17(14)16(18)13-7-10-22(19,20)11-8-13/h5-6,13-14H,2-4,7-11H2,1H3. The number of likely N-dealkylation sites (tertiary alicyclic amines) is 1.